The van der Waals surface area contributed by atoms with Gasteiger partial charge in [0.15, 0.2) is 5.78 Å². The van der Waals surface area contributed by atoms with Gasteiger partial charge in [0.05, 0.1) is 30.6 Å². The topological polar surface area (TPSA) is 110 Å². The molecule has 3 fully saturated rings. The Morgan fingerprint density at radius 3 is 2.42 bits per heavy atom. The average Bonchev–Trinajstić information content (AvgIpc) is 3.30. The molecule has 0 aromatic heterocycles. The summed E-state index contributed by atoms with van der Waals surface area (Å²) in [5, 5.41) is 0.501. The van der Waals surface area contributed by atoms with Crippen LogP contribution in [0.3, 0.4) is 0 Å². The monoisotopic (exact) mass is 362 g/mol. The molecule has 0 saturated carbocycles. The number of hydrogen-bond acceptors (Lipinski definition) is 7. The van der Waals surface area contributed by atoms with Crippen molar-refractivity contribution in [2.75, 3.05) is 13.1 Å². The number of imide groups is 1. The number of piperidine rings is 1. The van der Waals surface area contributed by atoms with E-state index >= 15 is 0 Å². The first-order chi connectivity index (χ1) is 12.5. The molecule has 3 amide bonds. The number of fused-ring (bicyclic) bond motifs is 5. The molecule has 138 valence electrons. The van der Waals surface area contributed by atoms with Crippen LogP contribution in [0.2, 0.25) is 0 Å². The van der Waals surface area contributed by atoms with Crippen LogP contribution in [-0.4, -0.2) is 64.7 Å². The van der Waals surface area contributed by atoms with Crippen LogP contribution in [0.5, 0.6) is 0 Å². The van der Waals surface area contributed by atoms with Crippen molar-refractivity contribution in [3.63, 3.8) is 0 Å². The average molecular weight is 362 g/mol. The number of likely N-dealkylation sites (tertiary alicyclic amines) is 1. The summed E-state index contributed by atoms with van der Waals surface area (Å²) in [5.74, 6) is -2.81. The van der Waals surface area contributed by atoms with Crippen LogP contribution in [0, 0.1) is 11.8 Å². The van der Waals surface area contributed by atoms with Crippen molar-refractivity contribution >= 4 is 29.5 Å². The first kappa shape index (κ1) is 16.9. The summed E-state index contributed by atoms with van der Waals surface area (Å²) < 4.78 is 5.62. The smallest absolute Gasteiger partial charge is 0.333 e. The number of carbonyl (C=O) groups is 5. The van der Waals surface area contributed by atoms with Crippen LogP contribution < -0.4 is 0 Å². The second kappa shape index (κ2) is 6.31. The zero-order chi connectivity index (χ0) is 18.4. The fraction of sp³-hybridized carbons (Fsp3) is 0.588. The predicted octanol–water partition coefficient (Wildman–Crippen LogP) is -0.645. The van der Waals surface area contributed by atoms with Gasteiger partial charge < -0.3 is 14.5 Å². The van der Waals surface area contributed by atoms with Gasteiger partial charge in [-0.05, 0) is 6.42 Å². The van der Waals surface area contributed by atoms with E-state index in [4.69, 9.17) is 9.57 Å². The largest absolute Gasteiger partial charge is 0.365 e. The number of amides is 3. The minimum Gasteiger partial charge on any atom is -0.365 e. The third kappa shape index (κ3) is 2.72. The molecule has 4 heterocycles. The maximum Gasteiger partial charge on any atom is 0.333 e. The molecule has 2 bridgehead atoms. The summed E-state index contributed by atoms with van der Waals surface area (Å²) >= 11 is 0. The lowest BCUT2D eigenvalue weighted by molar-refractivity contribution is -0.197. The number of hydrogen-bond donors (Lipinski definition) is 0. The highest BCUT2D eigenvalue weighted by molar-refractivity contribution is 6.01. The first-order valence-corrected chi connectivity index (χ1v) is 8.67. The predicted molar refractivity (Wildman–Crippen MR) is 82.8 cm³/mol. The Morgan fingerprint density at radius 2 is 1.73 bits per heavy atom. The molecule has 0 aliphatic carbocycles. The van der Waals surface area contributed by atoms with Crippen LogP contribution in [0.1, 0.15) is 25.7 Å². The van der Waals surface area contributed by atoms with Crippen molar-refractivity contribution in [1.82, 2.24) is 9.96 Å². The highest BCUT2D eigenvalue weighted by Crippen LogP contribution is 2.42. The van der Waals surface area contributed by atoms with Gasteiger partial charge in [-0.1, -0.05) is 12.2 Å². The Labute approximate surface area is 148 Å². The minimum atomic E-state index is -0.714. The van der Waals surface area contributed by atoms with Crippen LogP contribution in [-0.2, 0) is 33.5 Å². The van der Waals surface area contributed by atoms with E-state index < -0.39 is 29.6 Å². The minimum absolute atomic E-state index is 0.0125. The molecular weight excluding hydrogens is 344 g/mol. The van der Waals surface area contributed by atoms with Gasteiger partial charge in [0.1, 0.15) is 0 Å². The molecule has 4 rings (SSSR count). The summed E-state index contributed by atoms with van der Waals surface area (Å²) in [6, 6.07) is 0. The molecule has 4 unspecified atom stereocenters. The van der Waals surface area contributed by atoms with Gasteiger partial charge in [-0.2, -0.15) is 0 Å². The van der Waals surface area contributed by atoms with E-state index in [-0.39, 0.29) is 62.7 Å². The zero-order valence-corrected chi connectivity index (χ0v) is 14.0. The third-order valence-corrected chi connectivity index (χ3v) is 5.22. The van der Waals surface area contributed by atoms with Crippen molar-refractivity contribution in [3.05, 3.63) is 12.2 Å². The van der Waals surface area contributed by atoms with Crippen LogP contribution in [0.15, 0.2) is 12.2 Å². The molecule has 4 aliphatic heterocycles. The first-order valence-electron chi connectivity index (χ1n) is 8.67. The van der Waals surface area contributed by atoms with E-state index in [1.54, 1.807) is 0 Å². The van der Waals surface area contributed by atoms with Crippen molar-refractivity contribution in [1.29, 1.82) is 0 Å². The lowest BCUT2D eigenvalue weighted by Crippen LogP contribution is -2.53. The maximum atomic E-state index is 12.6. The third-order valence-electron chi connectivity index (χ3n) is 5.22. The molecule has 9 nitrogen and oxygen atoms in total. The Bertz CT molecular complexity index is 715. The molecule has 0 aromatic carbocycles. The summed E-state index contributed by atoms with van der Waals surface area (Å²) in [4.78, 5) is 65.8. The molecular formula is C17H18N2O7. The van der Waals surface area contributed by atoms with Crippen molar-refractivity contribution in [2.24, 2.45) is 11.8 Å². The summed E-state index contributed by atoms with van der Waals surface area (Å²) in [7, 11) is 0. The van der Waals surface area contributed by atoms with Crippen LogP contribution >= 0.6 is 0 Å². The van der Waals surface area contributed by atoms with Gasteiger partial charge >= 0.3 is 5.97 Å². The quantitative estimate of drug-likeness (QED) is 0.472. The van der Waals surface area contributed by atoms with Gasteiger partial charge in [-0.15, -0.1) is 5.06 Å². The number of hydroxylamine groups is 2. The molecule has 0 spiro atoms. The van der Waals surface area contributed by atoms with E-state index in [0.29, 0.717) is 5.06 Å². The number of ketones is 1. The molecule has 4 aliphatic rings. The van der Waals surface area contributed by atoms with Crippen molar-refractivity contribution < 1.29 is 33.5 Å². The second-order valence-electron chi connectivity index (χ2n) is 6.88. The molecule has 3 saturated heterocycles. The standard InChI is InChI=1S/C17H18N2O7/c20-9-8-18(17(24)16-11-4-3-10(25-11)15(9)16)7-1-2-14(23)26-19-12(21)5-6-13(19)22/h3-4,10-11,15-16H,1-2,5-8H2. The molecule has 0 radical (unpaired) electrons. The summed E-state index contributed by atoms with van der Waals surface area (Å²) in [6.45, 7) is 0.241. The van der Waals surface area contributed by atoms with Gasteiger partial charge in [0.25, 0.3) is 11.8 Å². The van der Waals surface area contributed by atoms with E-state index in [2.05, 4.69) is 0 Å². The van der Waals surface area contributed by atoms with Gasteiger partial charge in [0.2, 0.25) is 5.91 Å². The Morgan fingerprint density at radius 1 is 1.08 bits per heavy atom. The number of rotatable bonds is 5. The molecule has 26 heavy (non-hydrogen) atoms. The molecule has 4 atom stereocenters. The SMILES string of the molecule is O=C(CCCN1CC(=O)C2C3C=CC(O3)C2C1=O)ON1C(=O)CCC1=O. The molecule has 9 heteroatoms. The van der Waals surface area contributed by atoms with Crippen molar-refractivity contribution in [2.45, 2.75) is 37.9 Å². The van der Waals surface area contributed by atoms with E-state index in [1.165, 1.54) is 4.90 Å². The second-order valence-corrected chi connectivity index (χ2v) is 6.88. The highest BCUT2D eigenvalue weighted by Gasteiger charge is 2.56. The molecule has 0 aromatic rings. The Balaban J connectivity index is 1.28. The molecule has 0 N–H and O–H groups in total. The summed E-state index contributed by atoms with van der Waals surface area (Å²) in [5.41, 5.74) is 0. The van der Waals surface area contributed by atoms with Crippen molar-refractivity contribution in [3.8, 4) is 0 Å². The Kier molecular flexibility index (Phi) is 4.10. The Hall–Kier alpha value is -2.55. The van der Waals surface area contributed by atoms with Gasteiger partial charge in [-0.25, -0.2) is 4.79 Å². The zero-order valence-electron chi connectivity index (χ0n) is 14.0. The highest BCUT2D eigenvalue weighted by atomic mass is 16.7. The fourth-order valence-electron chi connectivity index (χ4n) is 3.98. The number of Topliss-reactive ketones (excluding diaryl/α,β-unsaturated/α-hetero) is 1. The lowest BCUT2D eigenvalue weighted by Gasteiger charge is -2.35. The number of nitrogens with zero attached hydrogens (tertiary/aromatic N) is 2. The summed E-state index contributed by atoms with van der Waals surface area (Å²) in [6.07, 6.45) is 3.30. The maximum absolute atomic E-state index is 12.6. The lowest BCUT2D eigenvalue weighted by atomic mass is 9.77. The number of carbonyl (C=O) groups excluding carboxylic acids is 5. The van der Waals surface area contributed by atoms with Crippen LogP contribution in [0.4, 0.5) is 0 Å². The van der Waals surface area contributed by atoms with Gasteiger partial charge in [0, 0.05) is 25.8 Å². The normalized spacial score (nSPS) is 32.6. The van der Waals surface area contributed by atoms with Gasteiger partial charge in [-0.3, -0.25) is 19.2 Å². The van der Waals surface area contributed by atoms with E-state index in [1.807, 2.05) is 12.2 Å². The van der Waals surface area contributed by atoms with Crippen LogP contribution in [0.25, 0.3) is 0 Å². The number of ether oxygens (including phenoxy) is 1. The fourth-order valence-corrected chi connectivity index (χ4v) is 3.98. The van der Waals surface area contributed by atoms with E-state index in [0.717, 1.165) is 0 Å². The van der Waals surface area contributed by atoms with E-state index in [9.17, 15) is 24.0 Å².